The van der Waals surface area contributed by atoms with Gasteiger partial charge in [-0.2, -0.15) is 5.26 Å². The molecule has 2 aliphatic rings. The van der Waals surface area contributed by atoms with Gasteiger partial charge in [0.15, 0.2) is 11.6 Å². The number of rotatable bonds is 5. The van der Waals surface area contributed by atoms with E-state index in [9.17, 15) is 5.26 Å². The SMILES string of the molecule is CCC1(c2nc(-c3ccccc3)nc(-c3cc(C#N)ccc3-n3c4ccccc4c4ccccc43)n2)C[C@@H]2CC[C@@H](C2)C1. The monoisotopic (exact) mass is 559 g/mol. The largest absolute Gasteiger partial charge is 0.309 e. The van der Waals surface area contributed by atoms with Gasteiger partial charge in [0.05, 0.1) is 28.4 Å². The van der Waals surface area contributed by atoms with Gasteiger partial charge in [0.1, 0.15) is 5.82 Å². The van der Waals surface area contributed by atoms with Crippen LogP contribution in [0.15, 0.2) is 97.1 Å². The van der Waals surface area contributed by atoms with Crippen molar-refractivity contribution in [1.29, 1.82) is 5.26 Å². The van der Waals surface area contributed by atoms with Gasteiger partial charge in [-0.05, 0) is 67.9 Å². The Kier molecular flexibility index (Phi) is 6.11. The van der Waals surface area contributed by atoms with Crippen LogP contribution < -0.4 is 0 Å². The summed E-state index contributed by atoms with van der Waals surface area (Å²) < 4.78 is 2.29. The van der Waals surface area contributed by atoms with Crippen LogP contribution in [0.3, 0.4) is 0 Å². The Balaban J connectivity index is 1.41. The molecule has 2 heterocycles. The van der Waals surface area contributed by atoms with Crippen LogP contribution in [-0.2, 0) is 5.41 Å². The smallest absolute Gasteiger partial charge is 0.165 e. The van der Waals surface area contributed by atoms with Crippen LogP contribution in [0.5, 0.6) is 0 Å². The van der Waals surface area contributed by atoms with Crippen molar-refractivity contribution >= 4 is 21.8 Å². The topological polar surface area (TPSA) is 67.4 Å². The highest BCUT2D eigenvalue weighted by Crippen LogP contribution is 2.53. The molecule has 1 unspecified atom stereocenters. The van der Waals surface area contributed by atoms with Crippen molar-refractivity contribution in [2.24, 2.45) is 11.8 Å². The lowest BCUT2D eigenvalue weighted by atomic mass is 9.67. The Hall–Kier alpha value is -4.82. The molecule has 8 rings (SSSR count). The minimum absolute atomic E-state index is 0.0643. The van der Waals surface area contributed by atoms with Crippen molar-refractivity contribution < 1.29 is 0 Å². The zero-order valence-corrected chi connectivity index (χ0v) is 24.4. The summed E-state index contributed by atoms with van der Waals surface area (Å²) in [5.41, 5.74) is 5.53. The second kappa shape index (κ2) is 10.2. The van der Waals surface area contributed by atoms with E-state index in [1.807, 2.05) is 30.3 Å². The van der Waals surface area contributed by atoms with E-state index in [1.54, 1.807) is 0 Å². The second-order valence-corrected chi connectivity index (χ2v) is 12.5. The summed E-state index contributed by atoms with van der Waals surface area (Å²) in [6.45, 7) is 2.30. The van der Waals surface area contributed by atoms with Gasteiger partial charge in [0.2, 0.25) is 0 Å². The first-order chi connectivity index (χ1) is 21.2. The Morgan fingerprint density at radius 1 is 0.767 bits per heavy atom. The minimum Gasteiger partial charge on any atom is -0.309 e. The molecule has 0 amide bonds. The molecule has 0 spiro atoms. The van der Waals surface area contributed by atoms with E-state index < -0.39 is 0 Å². The van der Waals surface area contributed by atoms with Crippen LogP contribution in [0, 0.1) is 23.2 Å². The average Bonchev–Trinajstić information content (AvgIpc) is 3.60. The highest BCUT2D eigenvalue weighted by Gasteiger charge is 2.46. The third-order valence-corrected chi connectivity index (χ3v) is 10.0. The molecular formula is C38H33N5. The Labute approximate surface area is 251 Å². The molecule has 0 aliphatic heterocycles. The number of hydrogen-bond acceptors (Lipinski definition) is 4. The molecule has 5 heteroatoms. The predicted molar refractivity (Wildman–Crippen MR) is 172 cm³/mol. The van der Waals surface area contributed by atoms with Crippen molar-refractivity contribution in [2.45, 2.75) is 50.9 Å². The predicted octanol–water partition coefficient (Wildman–Crippen LogP) is 9.03. The maximum absolute atomic E-state index is 10.00. The van der Waals surface area contributed by atoms with Gasteiger partial charge in [-0.3, -0.25) is 0 Å². The van der Waals surface area contributed by atoms with E-state index in [-0.39, 0.29) is 5.41 Å². The summed E-state index contributed by atoms with van der Waals surface area (Å²) in [4.78, 5) is 15.7. The van der Waals surface area contributed by atoms with E-state index in [1.165, 1.54) is 30.0 Å². The lowest BCUT2D eigenvalue weighted by Crippen LogP contribution is -2.35. The molecule has 2 fully saturated rings. The molecule has 3 atom stereocenters. The summed E-state index contributed by atoms with van der Waals surface area (Å²) in [6, 6.07) is 35.5. The third-order valence-electron chi connectivity index (χ3n) is 10.0. The molecule has 5 nitrogen and oxygen atoms in total. The van der Waals surface area contributed by atoms with Gasteiger partial charge in [0.25, 0.3) is 0 Å². The van der Waals surface area contributed by atoms with Gasteiger partial charge in [-0.25, -0.2) is 15.0 Å². The van der Waals surface area contributed by atoms with Crippen molar-refractivity contribution in [3.63, 3.8) is 0 Å². The zero-order chi connectivity index (χ0) is 29.0. The Morgan fingerprint density at radius 2 is 1.40 bits per heavy atom. The molecule has 6 aromatic rings. The summed E-state index contributed by atoms with van der Waals surface area (Å²) in [5.74, 6) is 3.72. The van der Waals surface area contributed by atoms with Crippen molar-refractivity contribution in [3.8, 4) is 34.5 Å². The van der Waals surface area contributed by atoms with Gasteiger partial charge in [-0.1, -0.05) is 86.5 Å². The van der Waals surface area contributed by atoms with Crippen molar-refractivity contribution in [3.05, 3.63) is 108 Å². The summed E-state index contributed by atoms with van der Waals surface area (Å²) in [6.07, 6.45) is 7.25. The van der Waals surface area contributed by atoms with Crippen LogP contribution in [0.1, 0.15) is 56.8 Å². The van der Waals surface area contributed by atoms with Gasteiger partial charge >= 0.3 is 0 Å². The van der Waals surface area contributed by atoms with Crippen molar-refractivity contribution in [1.82, 2.24) is 19.5 Å². The van der Waals surface area contributed by atoms with Crippen LogP contribution in [0.4, 0.5) is 0 Å². The molecule has 2 saturated carbocycles. The van der Waals surface area contributed by atoms with E-state index in [0.717, 1.165) is 64.8 Å². The fourth-order valence-electron chi connectivity index (χ4n) is 7.98. The Bertz CT molecular complexity index is 1970. The van der Waals surface area contributed by atoms with Crippen LogP contribution in [0.25, 0.3) is 50.3 Å². The molecular weight excluding hydrogens is 526 g/mol. The molecule has 2 aliphatic carbocycles. The molecule has 43 heavy (non-hydrogen) atoms. The summed E-state index contributed by atoms with van der Waals surface area (Å²) in [5, 5.41) is 12.4. The fraction of sp³-hybridized carbons (Fsp3) is 0.263. The number of fused-ring (bicyclic) bond motifs is 5. The minimum atomic E-state index is -0.0643. The molecule has 0 saturated heterocycles. The first kappa shape index (κ1) is 25.9. The number of para-hydroxylation sites is 2. The van der Waals surface area contributed by atoms with Gasteiger partial charge in [0, 0.05) is 27.3 Å². The van der Waals surface area contributed by atoms with E-state index in [4.69, 9.17) is 15.0 Å². The first-order valence-corrected chi connectivity index (χ1v) is 15.5. The maximum atomic E-state index is 10.00. The number of nitrogens with zero attached hydrogens (tertiary/aromatic N) is 5. The van der Waals surface area contributed by atoms with Crippen LogP contribution >= 0.6 is 0 Å². The molecule has 0 N–H and O–H groups in total. The summed E-state index contributed by atoms with van der Waals surface area (Å²) in [7, 11) is 0. The fourth-order valence-corrected chi connectivity index (χ4v) is 7.98. The maximum Gasteiger partial charge on any atom is 0.165 e. The lowest BCUT2D eigenvalue weighted by molar-refractivity contribution is 0.196. The second-order valence-electron chi connectivity index (χ2n) is 12.5. The molecule has 0 radical (unpaired) electrons. The first-order valence-electron chi connectivity index (χ1n) is 15.5. The number of aromatic nitrogens is 4. The van der Waals surface area contributed by atoms with E-state index in [2.05, 4.69) is 84.3 Å². The quantitative estimate of drug-likeness (QED) is 0.211. The molecule has 4 aromatic carbocycles. The van der Waals surface area contributed by atoms with Crippen LogP contribution in [0.2, 0.25) is 0 Å². The summed E-state index contributed by atoms with van der Waals surface area (Å²) >= 11 is 0. The standard InChI is InChI=1S/C38H33N5/c1-2-38(22-25-16-17-26(20-25)23-38)37-41-35(28-10-4-3-5-11-28)40-36(42-37)31-21-27(24-39)18-19-34(31)43-32-14-8-6-12-29(32)30-13-7-9-15-33(30)43/h3-15,18-19,21,25-26H,2,16-17,20,22-23H2,1H3/t25-,26+,38?. The number of benzene rings is 4. The normalized spacial score (nSPS) is 21.3. The lowest BCUT2D eigenvalue weighted by Gasteiger charge is -2.39. The molecule has 2 bridgehead atoms. The van der Waals surface area contributed by atoms with E-state index >= 15 is 0 Å². The average molecular weight is 560 g/mol. The number of hydrogen-bond donors (Lipinski definition) is 0. The van der Waals surface area contributed by atoms with Crippen LogP contribution in [-0.4, -0.2) is 19.5 Å². The highest BCUT2D eigenvalue weighted by atomic mass is 15.1. The molecule has 210 valence electrons. The van der Waals surface area contributed by atoms with E-state index in [0.29, 0.717) is 17.2 Å². The van der Waals surface area contributed by atoms with Gasteiger partial charge in [-0.15, -0.1) is 0 Å². The molecule has 2 aromatic heterocycles. The third kappa shape index (κ3) is 4.24. The van der Waals surface area contributed by atoms with Crippen molar-refractivity contribution in [2.75, 3.05) is 0 Å². The highest BCUT2D eigenvalue weighted by molar-refractivity contribution is 6.09. The zero-order valence-electron chi connectivity index (χ0n) is 24.4. The van der Waals surface area contributed by atoms with Gasteiger partial charge < -0.3 is 4.57 Å². The number of nitriles is 1. The Morgan fingerprint density at radius 3 is 2.05 bits per heavy atom.